The van der Waals surface area contributed by atoms with Gasteiger partial charge in [-0.25, -0.2) is 0 Å². The second-order valence-electron chi connectivity index (χ2n) is 5.67. The van der Waals surface area contributed by atoms with E-state index in [4.69, 9.17) is 9.47 Å². The van der Waals surface area contributed by atoms with Crippen LogP contribution in [0.4, 0.5) is 0 Å². The van der Waals surface area contributed by atoms with Gasteiger partial charge in [-0.15, -0.1) is 0 Å². The summed E-state index contributed by atoms with van der Waals surface area (Å²) >= 11 is 3.62. The molecule has 1 aromatic carbocycles. The molecule has 0 spiro atoms. The number of ether oxygens (including phenoxy) is 2. The third-order valence-electron chi connectivity index (χ3n) is 4.84. The topological polar surface area (TPSA) is 30.5 Å². The molecule has 1 aliphatic rings. The summed E-state index contributed by atoms with van der Waals surface area (Å²) in [6.45, 7) is 5.18. The van der Waals surface area contributed by atoms with Gasteiger partial charge in [0.05, 0.1) is 12.2 Å². The van der Waals surface area contributed by atoms with Crippen molar-refractivity contribution in [2.45, 2.75) is 51.2 Å². The second-order valence-corrected chi connectivity index (χ2v) is 6.59. The Kier molecular flexibility index (Phi) is 5.69. The third-order valence-corrected chi connectivity index (χ3v) is 5.29. The summed E-state index contributed by atoms with van der Waals surface area (Å²) in [6.07, 6.45) is 3.89. The Bertz CT molecular complexity index is 478. The molecule has 0 amide bonds. The third kappa shape index (κ3) is 3.27. The van der Waals surface area contributed by atoms with E-state index < -0.39 is 0 Å². The summed E-state index contributed by atoms with van der Waals surface area (Å²) in [5.74, 6) is 1.08. The molecule has 1 N–H and O–H groups in total. The van der Waals surface area contributed by atoms with Crippen LogP contribution in [0.5, 0.6) is 5.75 Å². The van der Waals surface area contributed by atoms with Crippen molar-refractivity contribution < 1.29 is 9.47 Å². The van der Waals surface area contributed by atoms with E-state index in [9.17, 15) is 0 Å². The van der Waals surface area contributed by atoms with Crippen LogP contribution in [0.2, 0.25) is 0 Å². The van der Waals surface area contributed by atoms with Crippen LogP contribution < -0.4 is 10.1 Å². The van der Waals surface area contributed by atoms with Crippen LogP contribution in [-0.4, -0.2) is 32.4 Å². The predicted molar refractivity (Wildman–Crippen MR) is 90.2 cm³/mol. The summed E-state index contributed by atoms with van der Waals surface area (Å²) in [7, 11) is 3.84. The van der Waals surface area contributed by atoms with E-state index in [1.165, 1.54) is 11.1 Å². The maximum atomic E-state index is 5.90. The van der Waals surface area contributed by atoms with Crippen molar-refractivity contribution in [2.24, 2.45) is 0 Å². The van der Waals surface area contributed by atoms with E-state index in [-0.39, 0.29) is 11.6 Å². The van der Waals surface area contributed by atoms with Crippen molar-refractivity contribution in [3.63, 3.8) is 0 Å². The van der Waals surface area contributed by atoms with Gasteiger partial charge in [0.1, 0.15) is 5.75 Å². The molecular formula is C17H26BrNO2. The van der Waals surface area contributed by atoms with Gasteiger partial charge in [0, 0.05) is 24.0 Å². The Morgan fingerprint density at radius 2 is 2.10 bits per heavy atom. The van der Waals surface area contributed by atoms with Crippen molar-refractivity contribution in [3.8, 4) is 5.75 Å². The van der Waals surface area contributed by atoms with Crippen LogP contribution in [0.15, 0.2) is 16.6 Å². The average Bonchev–Trinajstić information content (AvgIpc) is 2.96. The lowest BCUT2D eigenvalue weighted by Gasteiger charge is -2.38. The van der Waals surface area contributed by atoms with Crippen molar-refractivity contribution in [3.05, 3.63) is 27.7 Å². The quantitative estimate of drug-likeness (QED) is 0.808. The van der Waals surface area contributed by atoms with Gasteiger partial charge in [0.2, 0.25) is 0 Å². The normalized spacial score (nSPS) is 15.7. The summed E-state index contributed by atoms with van der Waals surface area (Å²) in [4.78, 5) is 0. The highest BCUT2D eigenvalue weighted by Gasteiger charge is 2.35. The summed E-state index contributed by atoms with van der Waals surface area (Å²) in [5.41, 5.74) is 2.44. The lowest BCUT2D eigenvalue weighted by Crippen LogP contribution is -2.51. The number of rotatable bonds is 7. The molecule has 4 heteroatoms. The highest BCUT2D eigenvalue weighted by atomic mass is 79.9. The molecular weight excluding hydrogens is 330 g/mol. The molecule has 1 aromatic rings. The first-order chi connectivity index (χ1) is 10.1. The fourth-order valence-electron chi connectivity index (χ4n) is 3.44. The molecule has 2 rings (SSSR count). The maximum absolute atomic E-state index is 5.90. The smallest absolute Gasteiger partial charge is 0.125 e. The standard InChI is InChI=1S/C17H26BrNO2/c1-5-17(6-2,20-4)15(19-3)11-13-10-14(18)9-12-7-8-21-16(12)13/h9-10,15,19H,5-8,11H2,1-4H3. The van der Waals surface area contributed by atoms with Crippen LogP contribution in [0.3, 0.4) is 0 Å². The molecule has 1 aliphatic heterocycles. The van der Waals surface area contributed by atoms with Gasteiger partial charge in [-0.2, -0.15) is 0 Å². The van der Waals surface area contributed by atoms with Crippen LogP contribution in [0.25, 0.3) is 0 Å². The number of halogens is 1. The zero-order valence-electron chi connectivity index (χ0n) is 13.5. The molecule has 0 bridgehead atoms. The number of likely N-dealkylation sites (N-methyl/N-ethyl adjacent to an activating group) is 1. The molecule has 1 atom stereocenters. The molecule has 0 saturated heterocycles. The first kappa shape index (κ1) is 16.8. The Morgan fingerprint density at radius 3 is 2.67 bits per heavy atom. The number of fused-ring (bicyclic) bond motifs is 1. The average molecular weight is 356 g/mol. The van der Waals surface area contributed by atoms with Crippen molar-refractivity contribution >= 4 is 15.9 Å². The first-order valence-electron chi connectivity index (χ1n) is 7.76. The van der Waals surface area contributed by atoms with Crippen molar-refractivity contribution in [1.82, 2.24) is 5.32 Å². The molecule has 0 aliphatic carbocycles. The molecule has 1 heterocycles. The number of methoxy groups -OCH3 is 1. The minimum absolute atomic E-state index is 0.136. The monoisotopic (exact) mass is 355 g/mol. The Hall–Kier alpha value is -0.580. The summed E-state index contributed by atoms with van der Waals surface area (Å²) < 4.78 is 12.9. The molecule has 0 radical (unpaired) electrons. The minimum atomic E-state index is -0.136. The van der Waals surface area contributed by atoms with Crippen molar-refractivity contribution in [2.75, 3.05) is 20.8 Å². The van der Waals surface area contributed by atoms with Crippen LogP contribution in [0, 0.1) is 0 Å². The van der Waals surface area contributed by atoms with E-state index in [1.54, 1.807) is 0 Å². The van der Waals surface area contributed by atoms with Crippen molar-refractivity contribution in [1.29, 1.82) is 0 Å². The highest BCUT2D eigenvalue weighted by molar-refractivity contribution is 9.10. The molecule has 21 heavy (non-hydrogen) atoms. The SMILES string of the molecule is CCC(CC)(OC)C(Cc1cc(Br)cc2c1OCC2)NC. The van der Waals surface area contributed by atoms with E-state index >= 15 is 0 Å². The van der Waals surface area contributed by atoms with Gasteiger partial charge >= 0.3 is 0 Å². The Morgan fingerprint density at radius 1 is 1.38 bits per heavy atom. The summed E-state index contributed by atoms with van der Waals surface area (Å²) in [5, 5.41) is 3.46. The lowest BCUT2D eigenvalue weighted by atomic mass is 9.84. The molecule has 0 saturated carbocycles. The maximum Gasteiger partial charge on any atom is 0.125 e. The predicted octanol–water partition coefficient (Wildman–Crippen LogP) is 3.72. The van der Waals surface area contributed by atoms with Gasteiger partial charge < -0.3 is 14.8 Å². The minimum Gasteiger partial charge on any atom is -0.493 e. The van der Waals surface area contributed by atoms with Gasteiger partial charge in [0.15, 0.2) is 0 Å². The Balaban J connectivity index is 2.31. The van der Waals surface area contributed by atoms with E-state index in [1.807, 2.05) is 14.2 Å². The fourth-order valence-corrected chi connectivity index (χ4v) is 4.00. The molecule has 0 fully saturated rings. The largest absolute Gasteiger partial charge is 0.493 e. The zero-order chi connectivity index (χ0) is 15.5. The van der Waals surface area contributed by atoms with Crippen LogP contribution in [0.1, 0.15) is 37.8 Å². The number of hydrogen-bond acceptors (Lipinski definition) is 3. The van der Waals surface area contributed by atoms with Gasteiger partial charge in [0.25, 0.3) is 0 Å². The number of benzene rings is 1. The number of nitrogens with one attached hydrogen (secondary N) is 1. The summed E-state index contributed by atoms with van der Waals surface area (Å²) in [6, 6.07) is 4.61. The second kappa shape index (κ2) is 7.12. The molecule has 118 valence electrons. The van der Waals surface area contributed by atoms with E-state index in [2.05, 4.69) is 47.2 Å². The number of hydrogen-bond donors (Lipinski definition) is 1. The van der Waals surface area contributed by atoms with Gasteiger partial charge in [-0.3, -0.25) is 0 Å². The lowest BCUT2D eigenvalue weighted by molar-refractivity contribution is -0.0455. The Labute approximate surface area is 136 Å². The highest BCUT2D eigenvalue weighted by Crippen LogP contribution is 2.36. The van der Waals surface area contributed by atoms with Crippen LogP contribution in [-0.2, 0) is 17.6 Å². The first-order valence-corrected chi connectivity index (χ1v) is 8.56. The van der Waals surface area contributed by atoms with E-state index in [0.29, 0.717) is 0 Å². The van der Waals surface area contributed by atoms with Gasteiger partial charge in [-0.1, -0.05) is 29.8 Å². The van der Waals surface area contributed by atoms with Gasteiger partial charge in [-0.05, 0) is 49.6 Å². The van der Waals surface area contributed by atoms with E-state index in [0.717, 1.165) is 42.5 Å². The zero-order valence-corrected chi connectivity index (χ0v) is 15.0. The van der Waals surface area contributed by atoms with Crippen LogP contribution >= 0.6 is 15.9 Å². The molecule has 3 nitrogen and oxygen atoms in total. The molecule has 0 aromatic heterocycles. The molecule has 1 unspecified atom stereocenters. The fraction of sp³-hybridized carbons (Fsp3) is 0.647.